The van der Waals surface area contributed by atoms with Gasteiger partial charge in [0.05, 0.1) is 16.3 Å². The lowest BCUT2D eigenvalue weighted by molar-refractivity contribution is 0.629. The molecule has 0 amide bonds. The van der Waals surface area contributed by atoms with Crippen molar-refractivity contribution in [2.75, 3.05) is 11.1 Å². The van der Waals surface area contributed by atoms with Crippen molar-refractivity contribution in [1.29, 1.82) is 5.26 Å². The summed E-state index contributed by atoms with van der Waals surface area (Å²) in [4.78, 5) is 0. The zero-order chi connectivity index (χ0) is 13.1. The molecule has 5 heteroatoms. The summed E-state index contributed by atoms with van der Waals surface area (Å²) < 4.78 is 13.3. The van der Waals surface area contributed by atoms with Crippen LogP contribution in [-0.4, -0.2) is 0 Å². The highest BCUT2D eigenvalue weighted by atomic mass is 35.5. The molecule has 2 aromatic carbocycles. The molecule has 3 nitrogen and oxygen atoms in total. The standard InChI is InChI=1S/C13H9ClFN3/c14-11-3-2-10(6-12(11)15)18-13-4-1-9(17)5-8(13)7-16/h1-6,18H,17H2. The van der Waals surface area contributed by atoms with Gasteiger partial charge < -0.3 is 11.1 Å². The molecule has 0 aromatic heterocycles. The first-order valence-electron chi connectivity index (χ1n) is 5.12. The van der Waals surface area contributed by atoms with Gasteiger partial charge in [0.2, 0.25) is 0 Å². The highest BCUT2D eigenvalue weighted by Gasteiger charge is 2.05. The number of nitrogen functional groups attached to an aromatic ring is 1. The van der Waals surface area contributed by atoms with E-state index in [1.54, 1.807) is 24.3 Å². The third-order valence-corrected chi connectivity index (χ3v) is 2.67. The van der Waals surface area contributed by atoms with Crippen LogP contribution in [0.3, 0.4) is 0 Å². The molecule has 0 saturated heterocycles. The van der Waals surface area contributed by atoms with Crippen LogP contribution in [0.15, 0.2) is 36.4 Å². The van der Waals surface area contributed by atoms with Crippen molar-refractivity contribution < 1.29 is 4.39 Å². The molecule has 0 atom stereocenters. The maximum atomic E-state index is 13.3. The molecule has 90 valence electrons. The van der Waals surface area contributed by atoms with E-state index in [9.17, 15) is 4.39 Å². The molecule has 0 heterocycles. The smallest absolute Gasteiger partial charge is 0.143 e. The van der Waals surface area contributed by atoms with Gasteiger partial charge in [0.15, 0.2) is 0 Å². The van der Waals surface area contributed by atoms with E-state index < -0.39 is 5.82 Å². The molecule has 0 aliphatic rings. The number of hydrogen-bond donors (Lipinski definition) is 2. The Morgan fingerprint density at radius 1 is 1.22 bits per heavy atom. The van der Waals surface area contributed by atoms with E-state index in [2.05, 4.69) is 5.32 Å². The van der Waals surface area contributed by atoms with E-state index in [4.69, 9.17) is 22.6 Å². The largest absolute Gasteiger partial charge is 0.399 e. The second-order valence-corrected chi connectivity index (χ2v) is 4.08. The van der Waals surface area contributed by atoms with Crippen molar-refractivity contribution >= 4 is 28.7 Å². The average Bonchev–Trinajstić information content (AvgIpc) is 2.36. The normalized spacial score (nSPS) is 9.83. The number of hydrogen-bond acceptors (Lipinski definition) is 3. The summed E-state index contributed by atoms with van der Waals surface area (Å²) in [6.45, 7) is 0. The van der Waals surface area contributed by atoms with Gasteiger partial charge in [0.1, 0.15) is 11.9 Å². The Morgan fingerprint density at radius 2 is 2.00 bits per heavy atom. The molecule has 2 rings (SSSR count). The summed E-state index contributed by atoms with van der Waals surface area (Å²) in [5.41, 5.74) is 7.55. The van der Waals surface area contributed by atoms with Crippen LogP contribution in [0, 0.1) is 17.1 Å². The van der Waals surface area contributed by atoms with Crippen molar-refractivity contribution in [3.63, 3.8) is 0 Å². The Labute approximate surface area is 109 Å². The molecule has 0 spiro atoms. The number of benzene rings is 2. The SMILES string of the molecule is N#Cc1cc(N)ccc1Nc1ccc(Cl)c(F)c1. The summed E-state index contributed by atoms with van der Waals surface area (Å²) in [6, 6.07) is 11.2. The maximum Gasteiger partial charge on any atom is 0.143 e. The molecular weight excluding hydrogens is 253 g/mol. The van der Waals surface area contributed by atoms with E-state index in [-0.39, 0.29) is 5.02 Å². The number of nitrogens with zero attached hydrogens (tertiary/aromatic N) is 1. The van der Waals surface area contributed by atoms with E-state index in [1.807, 2.05) is 6.07 Å². The molecular formula is C13H9ClFN3. The molecule has 0 aliphatic heterocycles. The van der Waals surface area contributed by atoms with Crippen molar-refractivity contribution in [3.8, 4) is 6.07 Å². The molecule has 0 fully saturated rings. The molecule has 3 N–H and O–H groups in total. The van der Waals surface area contributed by atoms with Gasteiger partial charge in [-0.15, -0.1) is 0 Å². The molecule has 0 saturated carbocycles. The van der Waals surface area contributed by atoms with Crippen molar-refractivity contribution in [1.82, 2.24) is 0 Å². The lowest BCUT2D eigenvalue weighted by Crippen LogP contribution is -1.96. The lowest BCUT2D eigenvalue weighted by atomic mass is 10.1. The van der Waals surface area contributed by atoms with Crippen LogP contribution in [0.1, 0.15) is 5.56 Å². The topological polar surface area (TPSA) is 61.8 Å². The fourth-order valence-electron chi connectivity index (χ4n) is 1.49. The quantitative estimate of drug-likeness (QED) is 0.811. The summed E-state index contributed by atoms with van der Waals surface area (Å²) in [7, 11) is 0. The number of halogens is 2. The predicted octanol–water partition coefficient (Wildman–Crippen LogP) is 3.68. The van der Waals surface area contributed by atoms with Crippen LogP contribution in [0.25, 0.3) is 0 Å². The van der Waals surface area contributed by atoms with E-state index in [1.165, 1.54) is 12.1 Å². The summed E-state index contributed by atoms with van der Waals surface area (Å²) in [5.74, 6) is -0.518. The maximum absolute atomic E-state index is 13.3. The van der Waals surface area contributed by atoms with Gasteiger partial charge >= 0.3 is 0 Å². The fraction of sp³-hybridized carbons (Fsp3) is 0. The van der Waals surface area contributed by atoms with Crippen molar-refractivity contribution in [3.05, 3.63) is 52.8 Å². The summed E-state index contributed by atoms with van der Waals surface area (Å²) in [6.07, 6.45) is 0. The Hall–Kier alpha value is -2.25. The first-order valence-corrected chi connectivity index (χ1v) is 5.49. The summed E-state index contributed by atoms with van der Waals surface area (Å²) >= 11 is 5.59. The van der Waals surface area contributed by atoms with Gasteiger partial charge in [0.25, 0.3) is 0 Å². The van der Waals surface area contributed by atoms with Gasteiger partial charge in [-0.1, -0.05) is 11.6 Å². The Morgan fingerprint density at radius 3 is 2.67 bits per heavy atom. The average molecular weight is 262 g/mol. The third kappa shape index (κ3) is 2.53. The second-order valence-electron chi connectivity index (χ2n) is 3.67. The van der Waals surface area contributed by atoms with Crippen LogP contribution in [0.4, 0.5) is 21.5 Å². The van der Waals surface area contributed by atoms with Crippen LogP contribution >= 0.6 is 11.6 Å². The molecule has 0 aliphatic carbocycles. The predicted molar refractivity (Wildman–Crippen MR) is 70.3 cm³/mol. The zero-order valence-corrected chi connectivity index (χ0v) is 10.0. The third-order valence-electron chi connectivity index (χ3n) is 2.36. The lowest BCUT2D eigenvalue weighted by Gasteiger charge is -2.09. The summed E-state index contributed by atoms with van der Waals surface area (Å²) in [5, 5.41) is 12.0. The molecule has 2 aromatic rings. The number of nitrogens with one attached hydrogen (secondary N) is 1. The number of rotatable bonds is 2. The first kappa shape index (κ1) is 12.2. The zero-order valence-electron chi connectivity index (χ0n) is 9.24. The highest BCUT2D eigenvalue weighted by molar-refractivity contribution is 6.30. The number of anilines is 3. The van der Waals surface area contributed by atoms with Crippen molar-refractivity contribution in [2.24, 2.45) is 0 Å². The monoisotopic (exact) mass is 261 g/mol. The minimum absolute atomic E-state index is 0.0540. The molecule has 0 radical (unpaired) electrons. The highest BCUT2D eigenvalue weighted by Crippen LogP contribution is 2.25. The minimum Gasteiger partial charge on any atom is -0.399 e. The van der Waals surface area contributed by atoms with Crippen LogP contribution < -0.4 is 11.1 Å². The second kappa shape index (κ2) is 4.94. The van der Waals surface area contributed by atoms with Gasteiger partial charge in [0, 0.05) is 11.4 Å². The van der Waals surface area contributed by atoms with Gasteiger partial charge in [-0.2, -0.15) is 5.26 Å². The van der Waals surface area contributed by atoms with Crippen molar-refractivity contribution in [2.45, 2.75) is 0 Å². The van der Waals surface area contributed by atoms with Gasteiger partial charge in [-0.3, -0.25) is 0 Å². The fourth-order valence-corrected chi connectivity index (χ4v) is 1.61. The van der Waals surface area contributed by atoms with Crippen LogP contribution in [0.2, 0.25) is 5.02 Å². The molecule has 0 bridgehead atoms. The first-order chi connectivity index (χ1) is 8.60. The van der Waals surface area contributed by atoms with Gasteiger partial charge in [-0.05, 0) is 36.4 Å². The van der Waals surface area contributed by atoms with E-state index >= 15 is 0 Å². The Bertz CT molecular complexity index is 635. The van der Waals surface area contributed by atoms with Crippen LogP contribution in [0.5, 0.6) is 0 Å². The Kier molecular flexibility index (Phi) is 3.35. The van der Waals surface area contributed by atoms with Crippen LogP contribution in [-0.2, 0) is 0 Å². The molecule has 18 heavy (non-hydrogen) atoms. The van der Waals surface area contributed by atoms with E-state index in [0.29, 0.717) is 22.6 Å². The minimum atomic E-state index is -0.518. The van der Waals surface area contributed by atoms with E-state index in [0.717, 1.165) is 0 Å². The van der Waals surface area contributed by atoms with Gasteiger partial charge in [-0.25, -0.2) is 4.39 Å². The Balaban J connectivity index is 2.34. The molecule has 0 unspecified atom stereocenters. The number of nitrogens with two attached hydrogens (primary N) is 1. The number of nitriles is 1.